The van der Waals surface area contributed by atoms with Crippen molar-refractivity contribution in [2.75, 3.05) is 5.32 Å². The lowest BCUT2D eigenvalue weighted by atomic mass is 9.93. The van der Waals surface area contributed by atoms with E-state index in [9.17, 15) is 4.79 Å². The zero-order chi connectivity index (χ0) is 24.3. The van der Waals surface area contributed by atoms with Crippen LogP contribution in [0.5, 0.6) is 11.6 Å². The average Bonchev–Trinajstić information content (AvgIpc) is 3.30. The third-order valence-corrected chi connectivity index (χ3v) is 5.41. The van der Waals surface area contributed by atoms with E-state index in [1.807, 2.05) is 58.0 Å². The molecule has 0 atom stereocenters. The van der Waals surface area contributed by atoms with Gasteiger partial charge in [-0.05, 0) is 60.9 Å². The molecule has 1 aromatic carbocycles. The van der Waals surface area contributed by atoms with E-state index in [1.165, 1.54) is 0 Å². The van der Waals surface area contributed by atoms with Crippen molar-refractivity contribution < 1.29 is 14.1 Å². The number of rotatable bonds is 6. The van der Waals surface area contributed by atoms with Crippen LogP contribution in [0.2, 0.25) is 0 Å². The summed E-state index contributed by atoms with van der Waals surface area (Å²) < 4.78 is 11.6. The van der Waals surface area contributed by atoms with E-state index in [0.29, 0.717) is 28.8 Å². The number of amides is 1. The number of benzene rings is 1. The second kappa shape index (κ2) is 9.47. The largest absolute Gasteiger partial charge is 0.438 e. The molecule has 4 rings (SSSR count). The van der Waals surface area contributed by atoms with Gasteiger partial charge in [-0.2, -0.15) is 0 Å². The maximum atomic E-state index is 12.9. The first-order valence-corrected chi connectivity index (χ1v) is 11.2. The van der Waals surface area contributed by atoms with Crippen LogP contribution in [0.25, 0.3) is 11.1 Å². The van der Waals surface area contributed by atoms with Crippen molar-refractivity contribution in [2.24, 2.45) is 0 Å². The summed E-state index contributed by atoms with van der Waals surface area (Å²) in [6.07, 6.45) is 4.31. The molecule has 0 aliphatic rings. The summed E-state index contributed by atoms with van der Waals surface area (Å²) >= 11 is 0. The normalized spacial score (nSPS) is 11.3. The number of ether oxygens (including phenoxy) is 1. The van der Waals surface area contributed by atoms with E-state index < -0.39 is 0 Å². The molecule has 0 unspecified atom stereocenters. The van der Waals surface area contributed by atoms with Gasteiger partial charge in [0.25, 0.3) is 5.91 Å². The molecular formula is C27H28N4O3. The topological polar surface area (TPSA) is 90.1 Å². The van der Waals surface area contributed by atoms with Gasteiger partial charge in [-0.15, -0.1) is 0 Å². The van der Waals surface area contributed by atoms with Crippen LogP contribution in [-0.2, 0) is 11.8 Å². The zero-order valence-corrected chi connectivity index (χ0v) is 20.0. The standard InChI is InChI=1S/C27H28N4O3/c1-6-20-14-18(11-13-28-20)21-8-7-12-29-26(21)33-22-15-19(10-9-17(22)2)25(32)30-24-16-23(34-31-24)27(3,4)5/h7-16H,6H2,1-5H3,(H,30,31,32). The third kappa shape index (κ3) is 5.14. The average molecular weight is 457 g/mol. The summed E-state index contributed by atoms with van der Waals surface area (Å²) in [7, 11) is 0. The number of aromatic nitrogens is 3. The van der Waals surface area contributed by atoms with Crippen LogP contribution in [-0.4, -0.2) is 21.0 Å². The Morgan fingerprint density at radius 2 is 1.88 bits per heavy atom. The van der Waals surface area contributed by atoms with E-state index >= 15 is 0 Å². The van der Waals surface area contributed by atoms with E-state index in [0.717, 1.165) is 28.8 Å². The summed E-state index contributed by atoms with van der Waals surface area (Å²) in [6, 6.07) is 14.8. The summed E-state index contributed by atoms with van der Waals surface area (Å²) in [4.78, 5) is 21.7. The molecule has 34 heavy (non-hydrogen) atoms. The molecule has 0 spiro atoms. The molecule has 0 aliphatic carbocycles. The minimum absolute atomic E-state index is 0.200. The monoisotopic (exact) mass is 456 g/mol. The van der Waals surface area contributed by atoms with Gasteiger partial charge in [0.1, 0.15) is 11.5 Å². The number of nitrogens with one attached hydrogen (secondary N) is 1. The molecule has 1 amide bonds. The van der Waals surface area contributed by atoms with Gasteiger partial charge in [0.05, 0.1) is 0 Å². The minimum Gasteiger partial charge on any atom is -0.438 e. The van der Waals surface area contributed by atoms with Gasteiger partial charge in [-0.25, -0.2) is 4.98 Å². The molecule has 3 aromatic heterocycles. The van der Waals surface area contributed by atoms with Crippen LogP contribution in [0.1, 0.15) is 55.1 Å². The van der Waals surface area contributed by atoms with Crippen LogP contribution in [0.4, 0.5) is 5.82 Å². The van der Waals surface area contributed by atoms with Crippen LogP contribution < -0.4 is 10.1 Å². The van der Waals surface area contributed by atoms with E-state index in [-0.39, 0.29) is 11.3 Å². The lowest BCUT2D eigenvalue weighted by Gasteiger charge is -2.13. The van der Waals surface area contributed by atoms with Crippen LogP contribution in [0.15, 0.2) is 65.4 Å². The Balaban J connectivity index is 1.59. The fourth-order valence-corrected chi connectivity index (χ4v) is 3.36. The Bertz CT molecular complexity index is 1320. The maximum Gasteiger partial charge on any atom is 0.257 e. The second-order valence-electron chi connectivity index (χ2n) is 9.11. The first-order chi connectivity index (χ1) is 16.2. The SMILES string of the molecule is CCc1cc(-c2cccnc2Oc2cc(C(=O)Nc3cc(C(C)(C)C)on3)ccc2C)ccn1. The molecule has 0 aliphatic heterocycles. The number of hydrogen-bond donors (Lipinski definition) is 1. The molecule has 7 heteroatoms. The molecule has 0 saturated heterocycles. The number of carbonyl (C=O) groups is 1. The smallest absolute Gasteiger partial charge is 0.257 e. The molecular weight excluding hydrogens is 428 g/mol. The minimum atomic E-state index is -0.304. The highest BCUT2D eigenvalue weighted by atomic mass is 16.5. The highest BCUT2D eigenvalue weighted by Gasteiger charge is 2.21. The van der Waals surface area contributed by atoms with Gasteiger partial charge in [0.15, 0.2) is 5.82 Å². The summed E-state index contributed by atoms with van der Waals surface area (Å²) in [6.45, 7) is 10.0. The Morgan fingerprint density at radius 1 is 1.06 bits per heavy atom. The molecule has 0 bridgehead atoms. The summed E-state index contributed by atoms with van der Waals surface area (Å²) in [5.74, 6) is 1.77. The number of nitrogens with zero attached hydrogens (tertiary/aromatic N) is 3. The Hall–Kier alpha value is -4.00. The van der Waals surface area contributed by atoms with Crippen molar-refractivity contribution in [3.63, 3.8) is 0 Å². The van der Waals surface area contributed by atoms with Gasteiger partial charge in [0.2, 0.25) is 5.88 Å². The number of anilines is 1. The number of aryl methyl sites for hydroxylation is 2. The Labute approximate surface area is 199 Å². The predicted molar refractivity (Wildman–Crippen MR) is 131 cm³/mol. The van der Waals surface area contributed by atoms with Gasteiger partial charge >= 0.3 is 0 Å². The van der Waals surface area contributed by atoms with Gasteiger partial charge in [-0.1, -0.05) is 38.9 Å². The van der Waals surface area contributed by atoms with Gasteiger partial charge in [0, 0.05) is 40.7 Å². The fraction of sp³-hybridized carbons (Fsp3) is 0.259. The first-order valence-electron chi connectivity index (χ1n) is 11.2. The van der Waals surface area contributed by atoms with Crippen molar-refractivity contribution in [1.29, 1.82) is 0 Å². The molecule has 0 radical (unpaired) electrons. The third-order valence-electron chi connectivity index (χ3n) is 5.41. The summed E-state index contributed by atoms with van der Waals surface area (Å²) in [5.41, 5.74) is 3.94. The lowest BCUT2D eigenvalue weighted by Crippen LogP contribution is -2.13. The van der Waals surface area contributed by atoms with E-state index in [4.69, 9.17) is 9.26 Å². The highest BCUT2D eigenvalue weighted by Crippen LogP contribution is 2.33. The number of carbonyl (C=O) groups excluding carboxylic acids is 1. The molecule has 1 N–H and O–H groups in total. The molecule has 0 fully saturated rings. The molecule has 3 heterocycles. The van der Waals surface area contributed by atoms with Crippen molar-refractivity contribution >= 4 is 11.7 Å². The Kier molecular flexibility index (Phi) is 6.45. The van der Waals surface area contributed by atoms with Gasteiger partial charge < -0.3 is 14.6 Å². The van der Waals surface area contributed by atoms with Gasteiger partial charge in [-0.3, -0.25) is 9.78 Å². The fourth-order valence-electron chi connectivity index (χ4n) is 3.36. The van der Waals surface area contributed by atoms with E-state index in [1.54, 1.807) is 30.6 Å². The van der Waals surface area contributed by atoms with Crippen molar-refractivity contribution in [1.82, 2.24) is 15.1 Å². The quantitative estimate of drug-likeness (QED) is 0.364. The molecule has 7 nitrogen and oxygen atoms in total. The van der Waals surface area contributed by atoms with Crippen LogP contribution >= 0.6 is 0 Å². The lowest BCUT2D eigenvalue weighted by molar-refractivity contribution is 0.102. The Morgan fingerprint density at radius 3 is 2.62 bits per heavy atom. The van der Waals surface area contributed by atoms with Crippen molar-refractivity contribution in [3.8, 4) is 22.8 Å². The van der Waals surface area contributed by atoms with Crippen molar-refractivity contribution in [3.05, 3.63) is 83.5 Å². The zero-order valence-electron chi connectivity index (χ0n) is 20.0. The van der Waals surface area contributed by atoms with E-state index in [2.05, 4.69) is 27.4 Å². The molecule has 0 saturated carbocycles. The maximum absolute atomic E-state index is 12.9. The highest BCUT2D eigenvalue weighted by molar-refractivity contribution is 6.04. The summed E-state index contributed by atoms with van der Waals surface area (Å²) in [5, 5.41) is 6.75. The first kappa shape index (κ1) is 23.2. The predicted octanol–water partition coefficient (Wildman–Crippen LogP) is 6.34. The van der Waals surface area contributed by atoms with Crippen LogP contribution in [0, 0.1) is 6.92 Å². The number of hydrogen-bond acceptors (Lipinski definition) is 6. The molecule has 174 valence electrons. The van der Waals surface area contributed by atoms with Crippen molar-refractivity contribution in [2.45, 2.75) is 46.5 Å². The number of pyridine rings is 2. The second-order valence-corrected chi connectivity index (χ2v) is 9.11. The molecule has 4 aromatic rings. The van der Waals surface area contributed by atoms with Crippen LogP contribution in [0.3, 0.4) is 0 Å².